The van der Waals surface area contributed by atoms with Crippen molar-refractivity contribution in [3.8, 4) is 0 Å². The summed E-state index contributed by atoms with van der Waals surface area (Å²) >= 11 is 4.17. The molecule has 0 aliphatic carbocycles. The van der Waals surface area contributed by atoms with Crippen molar-refractivity contribution in [2.45, 2.75) is 55.4 Å². The van der Waals surface area contributed by atoms with Crippen molar-refractivity contribution in [1.82, 2.24) is 0 Å². The average Bonchev–Trinajstić information content (AvgIpc) is 3.79. The Labute approximate surface area is 336 Å². The molecule has 0 N–H and O–H groups in total. The molecule has 0 saturated heterocycles. The van der Waals surface area contributed by atoms with Gasteiger partial charge in [0.1, 0.15) is 0 Å². The van der Waals surface area contributed by atoms with Crippen molar-refractivity contribution in [1.29, 1.82) is 0 Å². The molecule has 0 atom stereocenters. The second-order valence-electron chi connectivity index (χ2n) is 12.6. The molecule has 0 radical (unpaired) electrons. The quantitative estimate of drug-likeness (QED) is 0.116. The van der Waals surface area contributed by atoms with Crippen LogP contribution in [0.15, 0.2) is 146 Å². The Balaban J connectivity index is 0.000000308. The standard InChI is InChI=1S/4C10H9.2C3H6.2ClH.2Ti/c4*1-8-6-9-4-2-3-5-10(9)7-8;2*1-3-2;;;;/h4*2-7H,1H3;2*1-2H3;2*1H;;/q4*-1;;;;;2*+2/p-2. The molecule has 256 valence electrons. The van der Waals surface area contributed by atoms with Gasteiger partial charge in [0.15, 0.2) is 0 Å². The van der Waals surface area contributed by atoms with E-state index in [0.717, 1.165) is 0 Å². The zero-order valence-corrected chi connectivity index (χ0v) is 35.2. The molecule has 0 fully saturated rings. The molecule has 4 heteroatoms. The molecule has 0 aliphatic heterocycles. The van der Waals surface area contributed by atoms with Gasteiger partial charge in [-0.3, -0.25) is 0 Å². The maximum Gasteiger partial charge on any atom is -0.0579 e. The third-order valence-corrected chi connectivity index (χ3v) is 7.05. The van der Waals surface area contributed by atoms with Gasteiger partial charge >= 0.3 is 75.3 Å². The number of hydrogen-bond acceptors (Lipinski definition) is 0. The Morgan fingerprint density at radius 1 is 0.360 bits per heavy atom. The fraction of sp³-hybridized carbons (Fsp3) is 0.174. The van der Waals surface area contributed by atoms with Crippen molar-refractivity contribution in [3.63, 3.8) is 0 Å². The molecule has 8 rings (SSSR count). The topological polar surface area (TPSA) is 0 Å². The van der Waals surface area contributed by atoms with Crippen LogP contribution in [0.3, 0.4) is 0 Å². The predicted octanol–water partition coefficient (Wildman–Crippen LogP) is 6.97. The molecule has 0 heterocycles. The van der Waals surface area contributed by atoms with E-state index in [1.807, 2.05) is 0 Å². The summed E-state index contributed by atoms with van der Waals surface area (Å²) in [5, 5.41) is 10.8. The second-order valence-corrected chi connectivity index (χ2v) is 15.8. The van der Waals surface area contributed by atoms with Crippen LogP contribution in [0, 0.1) is 27.7 Å². The Morgan fingerprint density at radius 2 is 0.520 bits per heavy atom. The molecule has 0 saturated carbocycles. The van der Waals surface area contributed by atoms with Gasteiger partial charge in [-0.05, 0) is 0 Å². The summed E-state index contributed by atoms with van der Waals surface area (Å²) in [6.45, 7) is 16.8. The number of fused-ring (bicyclic) bond motifs is 4. The van der Waals surface area contributed by atoms with Gasteiger partial charge in [0.2, 0.25) is 0 Å². The van der Waals surface area contributed by atoms with Crippen LogP contribution >= 0.6 is 0 Å². The molecule has 0 aromatic heterocycles. The molecule has 0 unspecified atom stereocenters. The van der Waals surface area contributed by atoms with Crippen LogP contribution in [0.2, 0.25) is 0 Å². The molecule has 8 aromatic carbocycles. The van der Waals surface area contributed by atoms with E-state index in [9.17, 15) is 0 Å². The van der Waals surface area contributed by atoms with Crippen molar-refractivity contribution in [2.24, 2.45) is 0 Å². The summed E-state index contributed by atoms with van der Waals surface area (Å²) in [6.07, 6.45) is 0. The van der Waals surface area contributed by atoms with Gasteiger partial charge in [-0.1, -0.05) is 52.0 Å². The minimum absolute atomic E-state index is 0. The van der Waals surface area contributed by atoms with E-state index in [0.29, 0.717) is 0 Å². The largest absolute Gasteiger partial charge is 1.00 e. The van der Waals surface area contributed by atoms with E-state index in [-0.39, 0.29) is 24.8 Å². The minimum atomic E-state index is 0. The summed E-state index contributed by atoms with van der Waals surface area (Å²) in [5.41, 5.74) is 5.39. The molecule has 0 aliphatic rings. The Bertz CT molecular complexity index is 1730. The van der Waals surface area contributed by atoms with Gasteiger partial charge in [-0.2, -0.15) is 24.3 Å². The molecular weight excluding hydrogens is 719 g/mol. The van der Waals surface area contributed by atoms with Crippen molar-refractivity contribution in [2.75, 3.05) is 0 Å². The number of rotatable bonds is 0. The molecule has 0 spiro atoms. The van der Waals surface area contributed by atoms with E-state index in [2.05, 4.69) is 241 Å². The Morgan fingerprint density at radius 3 is 0.680 bits per heavy atom. The van der Waals surface area contributed by atoms with E-state index >= 15 is 0 Å². The van der Waals surface area contributed by atoms with Crippen LogP contribution in [0.1, 0.15) is 49.9 Å². The van der Waals surface area contributed by atoms with Crippen LogP contribution in [-0.2, 0) is 39.9 Å². The number of halogens is 2. The minimum Gasteiger partial charge on any atom is -1.00 e. The maximum atomic E-state index is 2.20. The third-order valence-electron chi connectivity index (χ3n) is 7.05. The second kappa shape index (κ2) is 23.5. The van der Waals surface area contributed by atoms with Crippen LogP contribution in [0.4, 0.5) is 0 Å². The van der Waals surface area contributed by atoms with E-state index in [4.69, 9.17) is 0 Å². The Hall–Kier alpha value is -2.93. The van der Waals surface area contributed by atoms with Gasteiger partial charge in [-0.25, -0.2) is 0 Å². The summed E-state index contributed by atoms with van der Waals surface area (Å²) in [6, 6.07) is 51.3. The van der Waals surface area contributed by atoms with Gasteiger partial charge < -0.3 is 24.8 Å². The third kappa shape index (κ3) is 16.4. The predicted molar refractivity (Wildman–Crippen MR) is 210 cm³/mol. The average molecular weight is 768 g/mol. The summed E-state index contributed by atoms with van der Waals surface area (Å²) in [5.74, 6) is 0. The van der Waals surface area contributed by atoms with Gasteiger partial charge in [-0.15, -0.1) is 162 Å². The normalized spacial score (nSPS) is 9.52. The first-order valence-corrected chi connectivity index (χ1v) is 18.0. The monoisotopic (exact) mass is 766 g/mol. The molecule has 0 amide bonds. The molecule has 0 bridgehead atoms. The molecule has 0 nitrogen and oxygen atoms in total. The van der Waals surface area contributed by atoms with E-state index in [1.54, 1.807) is 0 Å². The Kier molecular flexibility index (Phi) is 21.2. The fourth-order valence-corrected chi connectivity index (χ4v) is 5.22. The fourth-order valence-electron chi connectivity index (χ4n) is 5.22. The van der Waals surface area contributed by atoms with Crippen molar-refractivity contribution >= 4 is 50.7 Å². The number of benzene rings is 4. The number of aryl methyl sites for hydroxylation is 4. The SMILES string of the molecule is C[C](C)=[Ti+2].C[C](C)=[Ti+2].Cc1cc2ccccc2[cH-]1.Cc1cc2ccccc2[cH-]1.Cc1cc2ccccc2[cH-]1.Cc1cc2ccccc2[cH-]1.[Cl-].[Cl-]. The van der Waals surface area contributed by atoms with Crippen LogP contribution < -0.4 is 24.8 Å². The van der Waals surface area contributed by atoms with E-state index < -0.39 is 0 Å². The van der Waals surface area contributed by atoms with Gasteiger partial charge in [0, 0.05) is 0 Å². The summed E-state index contributed by atoms with van der Waals surface area (Å²) in [4.78, 5) is 0. The summed E-state index contributed by atoms with van der Waals surface area (Å²) < 4.78 is 2.83. The first-order valence-electron chi connectivity index (χ1n) is 16.4. The smallest absolute Gasteiger partial charge is 0.0579 e. The van der Waals surface area contributed by atoms with Gasteiger partial charge in [0.25, 0.3) is 0 Å². The van der Waals surface area contributed by atoms with Crippen LogP contribution in [0.25, 0.3) is 43.1 Å². The first-order chi connectivity index (χ1) is 22.9. The molecule has 50 heavy (non-hydrogen) atoms. The summed E-state index contributed by atoms with van der Waals surface area (Å²) in [7, 11) is 0. The van der Waals surface area contributed by atoms with Gasteiger partial charge in [0.05, 0.1) is 0 Å². The van der Waals surface area contributed by atoms with Crippen molar-refractivity contribution in [3.05, 3.63) is 168 Å². The van der Waals surface area contributed by atoms with Crippen LogP contribution in [-0.4, -0.2) is 7.62 Å². The zero-order chi connectivity index (χ0) is 35.1. The molecule has 8 aromatic rings. The molecular formula is C46H48Cl2Ti2-2. The zero-order valence-electron chi connectivity index (χ0n) is 30.6. The first kappa shape index (κ1) is 45.1. The van der Waals surface area contributed by atoms with Crippen LogP contribution in [0.5, 0.6) is 0 Å². The van der Waals surface area contributed by atoms with E-state index in [1.165, 1.54) is 73.0 Å². The number of hydrogen-bond donors (Lipinski definition) is 0. The maximum absolute atomic E-state index is 2.20. The van der Waals surface area contributed by atoms with Crippen molar-refractivity contribution < 1.29 is 64.8 Å².